The fraction of sp³-hybridized carbons (Fsp3) is 0.714. The van der Waals surface area contributed by atoms with E-state index >= 15 is 0 Å². The molecule has 3 N–H and O–H groups in total. The highest BCUT2D eigenvalue weighted by Crippen LogP contribution is 2.59. The Balaban J connectivity index is 1.66. The Morgan fingerprint density at radius 2 is 2.00 bits per heavy atom. The van der Waals surface area contributed by atoms with Crippen LogP contribution in [0.2, 0.25) is 0 Å². The number of hydrogen-bond acceptors (Lipinski definition) is 4. The van der Waals surface area contributed by atoms with Gasteiger partial charge in [-0.25, -0.2) is 0 Å². The molecular formula is C28H44O4. The van der Waals surface area contributed by atoms with E-state index in [0.717, 1.165) is 17.6 Å². The van der Waals surface area contributed by atoms with E-state index in [0.29, 0.717) is 49.2 Å². The van der Waals surface area contributed by atoms with Crippen LogP contribution in [0.1, 0.15) is 72.6 Å². The van der Waals surface area contributed by atoms with Crippen LogP contribution in [-0.2, 0) is 4.74 Å². The molecule has 0 aromatic heterocycles. The topological polar surface area (TPSA) is 69.9 Å². The third kappa shape index (κ3) is 6.02. The molecule has 0 amide bonds. The van der Waals surface area contributed by atoms with Crippen LogP contribution in [-0.4, -0.2) is 46.3 Å². The lowest BCUT2D eigenvalue weighted by atomic mass is 9.61. The monoisotopic (exact) mass is 444 g/mol. The largest absolute Gasteiger partial charge is 0.393 e. The number of aliphatic hydroxyl groups is 3. The number of rotatable bonds is 7. The van der Waals surface area contributed by atoms with Crippen molar-refractivity contribution < 1.29 is 20.1 Å². The minimum absolute atomic E-state index is 0.308. The average Bonchev–Trinajstić information content (AvgIpc) is 3.06. The Morgan fingerprint density at radius 3 is 2.72 bits per heavy atom. The molecule has 3 aliphatic carbocycles. The molecule has 5 unspecified atom stereocenters. The molecular weight excluding hydrogens is 400 g/mol. The van der Waals surface area contributed by atoms with E-state index in [1.165, 1.54) is 31.3 Å². The molecule has 0 spiro atoms. The maximum absolute atomic E-state index is 10.1. The van der Waals surface area contributed by atoms with E-state index < -0.39 is 17.8 Å². The predicted octanol–water partition coefficient (Wildman–Crippen LogP) is 5.11. The smallest absolute Gasteiger partial charge is 0.0824 e. The van der Waals surface area contributed by atoms with Crippen LogP contribution < -0.4 is 0 Å². The molecule has 0 aromatic carbocycles. The van der Waals surface area contributed by atoms with Crippen LogP contribution >= 0.6 is 0 Å². The van der Waals surface area contributed by atoms with Crippen LogP contribution in [0.5, 0.6) is 0 Å². The summed E-state index contributed by atoms with van der Waals surface area (Å²) in [6, 6.07) is 0. The number of allylic oxidation sites excluding steroid dienone is 4. The number of hydrogen-bond donors (Lipinski definition) is 3. The van der Waals surface area contributed by atoms with Gasteiger partial charge in [0, 0.05) is 6.42 Å². The van der Waals surface area contributed by atoms with Gasteiger partial charge in [-0.3, -0.25) is 0 Å². The summed E-state index contributed by atoms with van der Waals surface area (Å²) in [6.45, 7) is 13.3. The van der Waals surface area contributed by atoms with Gasteiger partial charge in [-0.2, -0.15) is 0 Å². The van der Waals surface area contributed by atoms with E-state index in [4.69, 9.17) is 4.74 Å². The minimum Gasteiger partial charge on any atom is -0.393 e. The van der Waals surface area contributed by atoms with Gasteiger partial charge in [-0.15, -0.1) is 0 Å². The summed E-state index contributed by atoms with van der Waals surface area (Å²) in [5.74, 6) is 1.76. The molecule has 3 rings (SSSR count). The van der Waals surface area contributed by atoms with Gasteiger partial charge in [-0.1, -0.05) is 50.3 Å². The first-order chi connectivity index (χ1) is 15.0. The van der Waals surface area contributed by atoms with E-state index in [1.54, 1.807) is 13.8 Å². The summed E-state index contributed by atoms with van der Waals surface area (Å²) in [5, 5.41) is 29.9. The molecule has 3 aliphatic rings. The maximum Gasteiger partial charge on any atom is 0.0824 e. The molecule has 32 heavy (non-hydrogen) atoms. The molecule has 0 aliphatic heterocycles. The Bertz CT molecular complexity index is 756. The van der Waals surface area contributed by atoms with Gasteiger partial charge in [0.25, 0.3) is 0 Å². The lowest BCUT2D eigenvalue weighted by Gasteiger charge is -2.44. The number of aliphatic hydroxyl groups excluding tert-OH is 2. The van der Waals surface area contributed by atoms with Gasteiger partial charge in [0.05, 0.1) is 31.0 Å². The second-order valence-electron chi connectivity index (χ2n) is 11.3. The maximum atomic E-state index is 10.1. The highest BCUT2D eigenvalue weighted by Gasteiger charge is 2.50. The molecule has 0 aromatic rings. The van der Waals surface area contributed by atoms with Gasteiger partial charge in [0.2, 0.25) is 0 Å². The van der Waals surface area contributed by atoms with E-state index in [2.05, 4.69) is 44.7 Å². The molecule has 0 heterocycles. The lowest BCUT2D eigenvalue weighted by molar-refractivity contribution is -0.0125. The Kier molecular flexibility index (Phi) is 8.25. The van der Waals surface area contributed by atoms with Crippen molar-refractivity contribution in [2.24, 2.45) is 23.2 Å². The molecule has 6 atom stereocenters. The van der Waals surface area contributed by atoms with Crippen LogP contribution in [0.3, 0.4) is 0 Å². The number of fused-ring (bicyclic) bond motifs is 1. The fourth-order valence-corrected chi connectivity index (χ4v) is 6.39. The van der Waals surface area contributed by atoms with Gasteiger partial charge < -0.3 is 20.1 Å². The van der Waals surface area contributed by atoms with Crippen molar-refractivity contribution in [3.63, 3.8) is 0 Å². The van der Waals surface area contributed by atoms with Gasteiger partial charge in [0.1, 0.15) is 0 Å². The van der Waals surface area contributed by atoms with Crippen molar-refractivity contribution in [1.82, 2.24) is 0 Å². The molecule has 0 bridgehead atoms. The highest BCUT2D eigenvalue weighted by atomic mass is 16.5. The van der Waals surface area contributed by atoms with Gasteiger partial charge in [-0.05, 0) is 86.7 Å². The fourth-order valence-electron chi connectivity index (χ4n) is 6.39. The summed E-state index contributed by atoms with van der Waals surface area (Å²) in [4.78, 5) is 0. The van der Waals surface area contributed by atoms with Crippen LogP contribution in [0.25, 0.3) is 0 Å². The normalized spacial score (nSPS) is 37.4. The van der Waals surface area contributed by atoms with Crippen molar-refractivity contribution in [1.29, 1.82) is 0 Å². The number of ether oxygens (including phenoxy) is 1. The second kappa shape index (κ2) is 10.4. The predicted molar refractivity (Wildman–Crippen MR) is 130 cm³/mol. The van der Waals surface area contributed by atoms with Crippen molar-refractivity contribution in [2.75, 3.05) is 13.2 Å². The van der Waals surface area contributed by atoms with Crippen molar-refractivity contribution in [3.8, 4) is 0 Å². The summed E-state index contributed by atoms with van der Waals surface area (Å²) in [5.41, 5.74) is 2.81. The van der Waals surface area contributed by atoms with Crippen LogP contribution in [0, 0.1) is 23.2 Å². The molecule has 4 heteroatoms. The molecule has 180 valence electrons. The lowest BCUT2D eigenvalue weighted by Crippen LogP contribution is -2.35. The summed E-state index contributed by atoms with van der Waals surface area (Å²) in [6.07, 6.45) is 14.8. The third-order valence-corrected chi connectivity index (χ3v) is 8.05. The van der Waals surface area contributed by atoms with Crippen LogP contribution in [0.15, 0.2) is 47.6 Å². The van der Waals surface area contributed by atoms with Crippen molar-refractivity contribution in [2.45, 2.75) is 90.4 Å². The molecule has 4 nitrogen and oxygen atoms in total. The molecule has 0 saturated heterocycles. The summed E-state index contributed by atoms with van der Waals surface area (Å²) < 4.78 is 5.58. The van der Waals surface area contributed by atoms with E-state index in [9.17, 15) is 15.3 Å². The first-order valence-electron chi connectivity index (χ1n) is 12.4. The summed E-state index contributed by atoms with van der Waals surface area (Å²) in [7, 11) is 0. The van der Waals surface area contributed by atoms with E-state index in [1.807, 2.05) is 0 Å². The average molecular weight is 445 g/mol. The standard InChI is InChI=1S/C28H44O4/c1-19(8-7-15-32-18-27(3,4)31)24-12-13-25-21(9-6-14-28(24,25)5)10-11-22-16-23(29)17-26(30)20(22)2/h7-8,10-11,19,23-26,29-31H,2,6,9,12-18H2,1,3-5H3/t19?,23?,24?,25?,26?,28-/m1/s1. The summed E-state index contributed by atoms with van der Waals surface area (Å²) >= 11 is 0. The Morgan fingerprint density at radius 1 is 1.25 bits per heavy atom. The quantitative estimate of drug-likeness (QED) is 0.377. The molecule has 3 fully saturated rings. The Labute approximate surface area is 194 Å². The highest BCUT2D eigenvalue weighted by molar-refractivity contribution is 5.38. The molecule has 0 radical (unpaired) electrons. The van der Waals surface area contributed by atoms with Crippen molar-refractivity contribution in [3.05, 3.63) is 47.6 Å². The molecule has 3 saturated carbocycles. The van der Waals surface area contributed by atoms with Crippen molar-refractivity contribution >= 4 is 0 Å². The van der Waals surface area contributed by atoms with E-state index in [-0.39, 0.29) is 0 Å². The van der Waals surface area contributed by atoms with Crippen LogP contribution in [0.4, 0.5) is 0 Å². The van der Waals surface area contributed by atoms with Gasteiger partial charge >= 0.3 is 0 Å². The zero-order valence-electron chi connectivity index (χ0n) is 20.5. The van der Waals surface area contributed by atoms with Gasteiger partial charge in [0.15, 0.2) is 0 Å². The third-order valence-electron chi connectivity index (χ3n) is 8.05. The second-order valence-corrected chi connectivity index (χ2v) is 11.3. The first-order valence-corrected chi connectivity index (χ1v) is 12.4. The zero-order chi connectivity index (χ0) is 23.5. The Hall–Kier alpha value is -1.20. The first kappa shape index (κ1) is 25.4. The zero-order valence-corrected chi connectivity index (χ0v) is 20.5. The minimum atomic E-state index is -0.786. The SMILES string of the molecule is C=C1C(=CC=C2CCC[C@@]3(C)C2CCC3C(C)C=CCOCC(C)(C)O)CC(O)CC1O.